The van der Waals surface area contributed by atoms with Crippen molar-refractivity contribution in [3.63, 3.8) is 0 Å². The van der Waals surface area contributed by atoms with Gasteiger partial charge in [0.2, 0.25) is 11.8 Å². The number of carbonyl (C=O) groups excluding carboxylic acids is 1. The molecule has 1 aromatic heterocycles. The molecule has 1 aliphatic heterocycles. The quantitative estimate of drug-likeness (QED) is 0.870. The predicted molar refractivity (Wildman–Crippen MR) is 102 cm³/mol. The molecule has 1 aliphatic rings. The zero-order valence-corrected chi connectivity index (χ0v) is 16.0. The number of amides is 1. The molecule has 1 fully saturated rings. The second-order valence-corrected chi connectivity index (χ2v) is 7.34. The maximum Gasteiger partial charge on any atom is 0.242 e. The van der Waals surface area contributed by atoms with E-state index in [4.69, 9.17) is 15.2 Å². The standard InChI is InChI=1S/C20H26N4O3/c1-20(2,21)19(25)24-11-5-6-14(13-24)17-18(23-10-9-22-17)27-16-8-4-7-15(12-16)26-3/h4,7-10,12,14H,5-6,11,13,21H2,1-3H3/t14-/m0/s1. The van der Waals surface area contributed by atoms with Gasteiger partial charge in [-0.15, -0.1) is 0 Å². The van der Waals surface area contributed by atoms with Crippen LogP contribution in [0, 0.1) is 0 Å². The first-order valence-electron chi connectivity index (χ1n) is 9.09. The Balaban J connectivity index is 1.81. The number of methoxy groups -OCH3 is 1. The van der Waals surface area contributed by atoms with E-state index in [1.54, 1.807) is 39.4 Å². The van der Waals surface area contributed by atoms with Crippen molar-refractivity contribution < 1.29 is 14.3 Å². The van der Waals surface area contributed by atoms with Gasteiger partial charge in [-0.1, -0.05) is 6.07 Å². The van der Waals surface area contributed by atoms with Gasteiger partial charge in [-0.2, -0.15) is 0 Å². The summed E-state index contributed by atoms with van der Waals surface area (Å²) in [6.45, 7) is 4.74. The molecule has 1 saturated heterocycles. The van der Waals surface area contributed by atoms with Gasteiger partial charge in [-0.25, -0.2) is 4.98 Å². The third-order valence-corrected chi connectivity index (χ3v) is 4.59. The normalized spacial score (nSPS) is 17.5. The number of hydrogen-bond acceptors (Lipinski definition) is 6. The second-order valence-electron chi connectivity index (χ2n) is 7.34. The minimum atomic E-state index is -0.885. The summed E-state index contributed by atoms with van der Waals surface area (Å²) in [6, 6.07) is 7.35. The van der Waals surface area contributed by atoms with Crippen LogP contribution in [0.2, 0.25) is 0 Å². The first-order valence-corrected chi connectivity index (χ1v) is 9.09. The summed E-state index contributed by atoms with van der Waals surface area (Å²) in [5, 5.41) is 0. The number of carbonyl (C=O) groups is 1. The number of hydrogen-bond donors (Lipinski definition) is 1. The fraction of sp³-hybridized carbons (Fsp3) is 0.450. The van der Waals surface area contributed by atoms with Crippen LogP contribution in [0.1, 0.15) is 38.3 Å². The predicted octanol–water partition coefficient (Wildman–Crippen LogP) is 2.72. The van der Waals surface area contributed by atoms with Crippen LogP contribution in [0.4, 0.5) is 0 Å². The molecule has 0 saturated carbocycles. The van der Waals surface area contributed by atoms with E-state index >= 15 is 0 Å². The van der Waals surface area contributed by atoms with E-state index < -0.39 is 5.54 Å². The van der Waals surface area contributed by atoms with E-state index in [0.717, 1.165) is 18.5 Å². The van der Waals surface area contributed by atoms with E-state index in [2.05, 4.69) is 9.97 Å². The van der Waals surface area contributed by atoms with Crippen molar-refractivity contribution in [2.24, 2.45) is 5.73 Å². The zero-order valence-electron chi connectivity index (χ0n) is 16.0. The lowest BCUT2D eigenvalue weighted by Gasteiger charge is -2.36. The number of benzene rings is 1. The lowest BCUT2D eigenvalue weighted by atomic mass is 9.93. The zero-order chi connectivity index (χ0) is 19.4. The maximum atomic E-state index is 12.6. The Morgan fingerprint density at radius 2 is 2.00 bits per heavy atom. The van der Waals surface area contributed by atoms with E-state index in [1.165, 1.54) is 0 Å². The molecule has 27 heavy (non-hydrogen) atoms. The molecule has 0 spiro atoms. The molecule has 1 atom stereocenters. The number of likely N-dealkylation sites (tertiary alicyclic amines) is 1. The summed E-state index contributed by atoms with van der Waals surface area (Å²) in [5.41, 5.74) is 5.87. The molecule has 3 rings (SSSR count). The molecule has 1 aromatic carbocycles. The lowest BCUT2D eigenvalue weighted by molar-refractivity contribution is -0.137. The number of ether oxygens (including phenoxy) is 2. The molecule has 0 radical (unpaired) electrons. The summed E-state index contributed by atoms with van der Waals surface area (Å²) in [6.07, 6.45) is 5.07. The topological polar surface area (TPSA) is 90.6 Å². The summed E-state index contributed by atoms with van der Waals surface area (Å²) < 4.78 is 11.2. The molecular weight excluding hydrogens is 344 g/mol. The molecule has 2 N–H and O–H groups in total. The van der Waals surface area contributed by atoms with Crippen LogP contribution in [0.25, 0.3) is 0 Å². The van der Waals surface area contributed by atoms with Crippen molar-refractivity contribution in [3.05, 3.63) is 42.4 Å². The van der Waals surface area contributed by atoms with Crippen LogP contribution in [0.3, 0.4) is 0 Å². The van der Waals surface area contributed by atoms with Crippen molar-refractivity contribution in [3.8, 4) is 17.4 Å². The fourth-order valence-corrected chi connectivity index (χ4v) is 3.26. The largest absolute Gasteiger partial charge is 0.497 e. The molecule has 7 heteroatoms. The Labute approximate surface area is 159 Å². The summed E-state index contributed by atoms with van der Waals surface area (Å²) in [5.74, 6) is 1.79. The highest BCUT2D eigenvalue weighted by molar-refractivity contribution is 5.85. The number of rotatable bonds is 5. The van der Waals surface area contributed by atoms with Crippen molar-refractivity contribution in [1.29, 1.82) is 0 Å². The maximum absolute atomic E-state index is 12.6. The molecule has 0 bridgehead atoms. The van der Waals surface area contributed by atoms with E-state index in [0.29, 0.717) is 30.5 Å². The highest BCUT2D eigenvalue weighted by Crippen LogP contribution is 2.33. The highest BCUT2D eigenvalue weighted by Gasteiger charge is 2.33. The molecule has 0 aliphatic carbocycles. The van der Waals surface area contributed by atoms with Crippen LogP contribution >= 0.6 is 0 Å². The SMILES string of the molecule is COc1cccc(Oc2nccnc2[C@H]2CCCN(C(=O)C(C)(C)N)C2)c1. The average molecular weight is 370 g/mol. The molecular formula is C20H26N4O3. The lowest BCUT2D eigenvalue weighted by Crippen LogP contribution is -2.53. The van der Waals surface area contributed by atoms with Crippen molar-refractivity contribution in [2.75, 3.05) is 20.2 Å². The molecule has 0 unspecified atom stereocenters. The Morgan fingerprint density at radius 3 is 2.74 bits per heavy atom. The fourth-order valence-electron chi connectivity index (χ4n) is 3.26. The average Bonchev–Trinajstić information content (AvgIpc) is 2.67. The third kappa shape index (κ3) is 4.54. The number of nitrogens with two attached hydrogens (primary N) is 1. The van der Waals surface area contributed by atoms with Crippen LogP contribution in [-0.2, 0) is 4.79 Å². The van der Waals surface area contributed by atoms with Crippen molar-refractivity contribution in [1.82, 2.24) is 14.9 Å². The van der Waals surface area contributed by atoms with E-state index in [9.17, 15) is 4.79 Å². The highest BCUT2D eigenvalue weighted by atomic mass is 16.5. The van der Waals surface area contributed by atoms with E-state index in [1.807, 2.05) is 23.1 Å². The second kappa shape index (κ2) is 7.92. The van der Waals surface area contributed by atoms with Gasteiger partial charge < -0.3 is 20.1 Å². The Morgan fingerprint density at radius 1 is 1.26 bits per heavy atom. The minimum Gasteiger partial charge on any atom is -0.497 e. The van der Waals surface area contributed by atoms with Gasteiger partial charge in [0.1, 0.15) is 17.2 Å². The van der Waals surface area contributed by atoms with E-state index in [-0.39, 0.29) is 11.8 Å². The van der Waals surface area contributed by atoms with Gasteiger partial charge in [0.15, 0.2) is 0 Å². The Bertz CT molecular complexity index is 804. The van der Waals surface area contributed by atoms with Gasteiger partial charge in [0.25, 0.3) is 0 Å². The van der Waals surface area contributed by atoms with Crippen molar-refractivity contribution in [2.45, 2.75) is 38.1 Å². The van der Waals surface area contributed by atoms with Crippen LogP contribution in [0.5, 0.6) is 17.4 Å². The minimum absolute atomic E-state index is 0.0497. The first kappa shape index (κ1) is 19.1. The first-order chi connectivity index (χ1) is 12.9. The van der Waals surface area contributed by atoms with Crippen LogP contribution in [0.15, 0.2) is 36.7 Å². The molecule has 7 nitrogen and oxygen atoms in total. The summed E-state index contributed by atoms with van der Waals surface area (Å²) >= 11 is 0. The van der Waals surface area contributed by atoms with Gasteiger partial charge >= 0.3 is 0 Å². The van der Waals surface area contributed by atoms with Gasteiger partial charge in [-0.3, -0.25) is 9.78 Å². The van der Waals surface area contributed by atoms with Gasteiger partial charge in [0.05, 0.1) is 12.6 Å². The van der Waals surface area contributed by atoms with Crippen molar-refractivity contribution >= 4 is 5.91 Å². The monoisotopic (exact) mass is 370 g/mol. The number of nitrogens with zero attached hydrogens (tertiary/aromatic N) is 3. The Hall–Kier alpha value is -2.67. The summed E-state index contributed by atoms with van der Waals surface area (Å²) in [4.78, 5) is 23.3. The van der Waals surface area contributed by atoms with Gasteiger partial charge in [-0.05, 0) is 38.8 Å². The number of piperidine rings is 1. The smallest absolute Gasteiger partial charge is 0.242 e. The number of aromatic nitrogens is 2. The summed E-state index contributed by atoms with van der Waals surface area (Å²) in [7, 11) is 1.61. The molecule has 2 aromatic rings. The molecule has 2 heterocycles. The Kier molecular flexibility index (Phi) is 5.60. The van der Waals surface area contributed by atoms with Gasteiger partial charge in [0, 0.05) is 37.5 Å². The van der Waals surface area contributed by atoms with Crippen LogP contribution < -0.4 is 15.2 Å². The molecule has 1 amide bonds. The molecule has 144 valence electrons. The van der Waals surface area contributed by atoms with Crippen LogP contribution in [-0.4, -0.2) is 46.5 Å². The third-order valence-electron chi connectivity index (χ3n) is 4.59.